The third-order valence-corrected chi connectivity index (χ3v) is 4.47. The Balaban J connectivity index is 1.88. The molecule has 1 aromatic heterocycles. The van der Waals surface area contributed by atoms with Crippen LogP contribution in [0.15, 0.2) is 18.5 Å². The van der Waals surface area contributed by atoms with Gasteiger partial charge in [0.25, 0.3) is 0 Å². The minimum absolute atomic E-state index is 0.204. The number of aliphatic hydroxyl groups is 1. The molecule has 23 heavy (non-hydrogen) atoms. The van der Waals surface area contributed by atoms with Gasteiger partial charge in [0.05, 0.1) is 35.1 Å². The molecular formula is C18H23N3O2. The second kappa shape index (κ2) is 5.86. The van der Waals surface area contributed by atoms with Gasteiger partial charge in [0, 0.05) is 18.2 Å². The lowest BCUT2D eigenvalue weighted by Crippen LogP contribution is -2.41. The van der Waals surface area contributed by atoms with Crippen LogP contribution in [0.3, 0.4) is 0 Å². The summed E-state index contributed by atoms with van der Waals surface area (Å²) in [6.07, 6.45) is 4.13. The van der Waals surface area contributed by atoms with Crippen LogP contribution in [0.5, 0.6) is 5.75 Å². The maximum absolute atomic E-state index is 9.95. The summed E-state index contributed by atoms with van der Waals surface area (Å²) in [5.74, 6) is 1.28. The Hall–Kier alpha value is -2.06. The van der Waals surface area contributed by atoms with Gasteiger partial charge in [0.15, 0.2) is 0 Å². The van der Waals surface area contributed by atoms with Gasteiger partial charge in [-0.15, -0.1) is 0 Å². The number of fused-ring (bicyclic) bond motifs is 1. The minimum atomic E-state index is -0.603. The van der Waals surface area contributed by atoms with Gasteiger partial charge in [-0.25, -0.2) is 4.98 Å². The van der Waals surface area contributed by atoms with Gasteiger partial charge in [-0.1, -0.05) is 13.8 Å². The molecule has 1 heterocycles. The van der Waals surface area contributed by atoms with Crippen LogP contribution >= 0.6 is 0 Å². The lowest BCUT2D eigenvalue weighted by molar-refractivity contribution is -0.0498. The summed E-state index contributed by atoms with van der Waals surface area (Å²) in [6.45, 7) is 6.79. The Morgan fingerprint density at radius 1 is 1.48 bits per heavy atom. The monoisotopic (exact) mass is 313 g/mol. The topological polar surface area (TPSA) is 71.1 Å². The predicted octanol–water partition coefficient (Wildman–Crippen LogP) is 3.42. The summed E-state index contributed by atoms with van der Waals surface area (Å²) in [7, 11) is 0. The fourth-order valence-electron chi connectivity index (χ4n) is 3.16. The molecule has 0 aliphatic heterocycles. The van der Waals surface area contributed by atoms with E-state index in [0.717, 1.165) is 17.5 Å². The van der Waals surface area contributed by atoms with Crippen molar-refractivity contribution in [3.8, 4) is 11.8 Å². The summed E-state index contributed by atoms with van der Waals surface area (Å²) < 4.78 is 7.79. The van der Waals surface area contributed by atoms with Crippen LogP contribution in [0.4, 0.5) is 0 Å². The molecule has 1 aromatic carbocycles. The van der Waals surface area contributed by atoms with Gasteiger partial charge in [-0.3, -0.25) is 0 Å². The molecule has 0 saturated heterocycles. The van der Waals surface area contributed by atoms with Gasteiger partial charge < -0.3 is 14.4 Å². The molecule has 1 fully saturated rings. The first-order valence-corrected chi connectivity index (χ1v) is 8.15. The molecular weight excluding hydrogens is 290 g/mol. The third kappa shape index (κ3) is 3.18. The van der Waals surface area contributed by atoms with Crippen molar-refractivity contribution in [1.82, 2.24) is 9.55 Å². The normalized spacial score (nSPS) is 23.7. The number of ether oxygens (including phenoxy) is 1. The van der Waals surface area contributed by atoms with E-state index in [4.69, 9.17) is 4.74 Å². The number of nitrogens with zero attached hydrogens (tertiary/aromatic N) is 3. The molecule has 3 rings (SSSR count). The van der Waals surface area contributed by atoms with Crippen LogP contribution in [0.2, 0.25) is 0 Å². The number of nitriles is 1. The summed E-state index contributed by atoms with van der Waals surface area (Å²) in [4.78, 5) is 4.43. The van der Waals surface area contributed by atoms with Crippen LogP contribution in [-0.2, 0) is 0 Å². The van der Waals surface area contributed by atoms with E-state index in [0.29, 0.717) is 36.7 Å². The van der Waals surface area contributed by atoms with Crippen molar-refractivity contribution in [2.75, 3.05) is 6.61 Å². The van der Waals surface area contributed by atoms with Crippen molar-refractivity contribution in [3.63, 3.8) is 0 Å². The summed E-state index contributed by atoms with van der Waals surface area (Å²) in [5.41, 5.74) is 1.58. The first-order chi connectivity index (χ1) is 10.9. The van der Waals surface area contributed by atoms with Gasteiger partial charge in [-0.05, 0) is 32.1 Å². The molecule has 5 nitrogen and oxygen atoms in total. The Bertz CT molecular complexity index is 747. The summed E-state index contributed by atoms with van der Waals surface area (Å²) in [5, 5.41) is 19.4. The van der Waals surface area contributed by atoms with Crippen molar-refractivity contribution >= 4 is 11.0 Å². The number of aromatic nitrogens is 2. The second-order valence-electron chi connectivity index (χ2n) is 7.19. The summed E-state index contributed by atoms with van der Waals surface area (Å²) >= 11 is 0. The standard InChI is InChI=1S/C18H23N3O2/c1-12(2)4-5-23-15-6-13(10-19)17-16(7-15)20-11-21(17)14-8-18(3,22)9-14/h6-7,11-12,14,22H,4-5,8-9H2,1-3H3. The highest BCUT2D eigenvalue weighted by molar-refractivity contribution is 5.83. The van der Waals surface area contributed by atoms with E-state index in [2.05, 4.69) is 24.9 Å². The Morgan fingerprint density at radius 2 is 2.22 bits per heavy atom. The molecule has 1 N–H and O–H groups in total. The molecule has 1 aliphatic rings. The minimum Gasteiger partial charge on any atom is -0.493 e. The Labute approximate surface area is 136 Å². The zero-order valence-corrected chi connectivity index (χ0v) is 13.9. The van der Waals surface area contributed by atoms with E-state index >= 15 is 0 Å². The first kappa shape index (κ1) is 15.8. The quantitative estimate of drug-likeness (QED) is 0.918. The fourth-order valence-corrected chi connectivity index (χ4v) is 3.16. The number of rotatable bonds is 5. The van der Waals surface area contributed by atoms with Crippen LogP contribution in [0.1, 0.15) is 51.6 Å². The molecule has 0 atom stereocenters. The average Bonchev–Trinajstić information content (AvgIpc) is 2.87. The van der Waals surface area contributed by atoms with Gasteiger partial charge in [0.1, 0.15) is 11.8 Å². The largest absolute Gasteiger partial charge is 0.493 e. The van der Waals surface area contributed by atoms with E-state index in [9.17, 15) is 10.4 Å². The van der Waals surface area contributed by atoms with Crippen LogP contribution < -0.4 is 4.74 Å². The van der Waals surface area contributed by atoms with Crippen LogP contribution in [0, 0.1) is 17.2 Å². The fraction of sp³-hybridized carbons (Fsp3) is 0.556. The van der Waals surface area contributed by atoms with E-state index in [1.807, 2.05) is 17.6 Å². The van der Waals surface area contributed by atoms with Gasteiger partial charge >= 0.3 is 0 Å². The predicted molar refractivity (Wildman–Crippen MR) is 88.3 cm³/mol. The molecule has 122 valence electrons. The molecule has 5 heteroatoms. The van der Waals surface area contributed by atoms with Gasteiger partial charge in [0.2, 0.25) is 0 Å². The molecule has 1 saturated carbocycles. The van der Waals surface area contributed by atoms with Crippen molar-refractivity contribution in [2.45, 2.75) is 51.7 Å². The zero-order chi connectivity index (χ0) is 16.6. The maximum Gasteiger partial charge on any atom is 0.122 e. The van der Waals surface area contributed by atoms with Crippen molar-refractivity contribution < 1.29 is 9.84 Å². The van der Waals surface area contributed by atoms with Crippen LogP contribution in [0.25, 0.3) is 11.0 Å². The van der Waals surface area contributed by atoms with Crippen molar-refractivity contribution in [1.29, 1.82) is 5.26 Å². The highest BCUT2D eigenvalue weighted by atomic mass is 16.5. The lowest BCUT2D eigenvalue weighted by Gasteiger charge is -2.41. The molecule has 0 radical (unpaired) electrons. The molecule has 0 unspecified atom stereocenters. The zero-order valence-electron chi connectivity index (χ0n) is 13.9. The highest BCUT2D eigenvalue weighted by Crippen LogP contribution is 2.42. The number of benzene rings is 1. The molecule has 1 aliphatic carbocycles. The maximum atomic E-state index is 9.95. The SMILES string of the molecule is CC(C)CCOc1cc(C#N)c2c(c1)ncn2C1CC(C)(O)C1. The molecule has 0 spiro atoms. The van der Waals surface area contributed by atoms with Crippen molar-refractivity contribution in [3.05, 3.63) is 24.0 Å². The Kier molecular flexibility index (Phi) is 4.03. The van der Waals surface area contributed by atoms with Gasteiger partial charge in [-0.2, -0.15) is 5.26 Å². The second-order valence-corrected chi connectivity index (χ2v) is 7.19. The molecule has 0 bridgehead atoms. The first-order valence-electron chi connectivity index (χ1n) is 8.15. The Morgan fingerprint density at radius 3 is 2.83 bits per heavy atom. The lowest BCUT2D eigenvalue weighted by atomic mass is 9.77. The van der Waals surface area contributed by atoms with E-state index in [1.165, 1.54) is 0 Å². The smallest absolute Gasteiger partial charge is 0.122 e. The number of hydrogen-bond donors (Lipinski definition) is 1. The highest BCUT2D eigenvalue weighted by Gasteiger charge is 2.40. The van der Waals surface area contributed by atoms with Crippen molar-refractivity contribution in [2.24, 2.45) is 5.92 Å². The molecule has 0 amide bonds. The average molecular weight is 313 g/mol. The van der Waals surface area contributed by atoms with E-state index in [-0.39, 0.29) is 6.04 Å². The number of hydrogen-bond acceptors (Lipinski definition) is 4. The van der Waals surface area contributed by atoms with E-state index < -0.39 is 5.60 Å². The molecule has 2 aromatic rings. The third-order valence-electron chi connectivity index (χ3n) is 4.47. The van der Waals surface area contributed by atoms with E-state index in [1.54, 1.807) is 12.4 Å². The van der Waals surface area contributed by atoms with Crippen LogP contribution in [-0.4, -0.2) is 26.9 Å². The summed E-state index contributed by atoms with van der Waals surface area (Å²) in [6, 6.07) is 6.14. The number of imidazole rings is 1.